The van der Waals surface area contributed by atoms with Crippen LogP contribution in [-0.2, 0) is 4.74 Å². The van der Waals surface area contributed by atoms with Crippen LogP contribution < -0.4 is 5.73 Å². The molecule has 0 fully saturated rings. The summed E-state index contributed by atoms with van der Waals surface area (Å²) in [4.78, 5) is 0. The van der Waals surface area contributed by atoms with Gasteiger partial charge in [-0.25, -0.2) is 0 Å². The molecule has 0 saturated carbocycles. The molecule has 0 aliphatic heterocycles. The summed E-state index contributed by atoms with van der Waals surface area (Å²) in [6.45, 7) is 8.99. The van der Waals surface area contributed by atoms with Crippen molar-refractivity contribution in [3.05, 3.63) is 37.0 Å². The molecule has 2 heteroatoms. The Morgan fingerprint density at radius 1 is 1.55 bits per heavy atom. The van der Waals surface area contributed by atoms with E-state index in [4.69, 9.17) is 10.5 Å². The van der Waals surface area contributed by atoms with Crippen LogP contribution >= 0.6 is 0 Å². The average molecular weight is 153 g/mol. The van der Waals surface area contributed by atoms with Crippen molar-refractivity contribution in [3.8, 4) is 0 Å². The van der Waals surface area contributed by atoms with E-state index in [1.54, 1.807) is 6.08 Å². The SMILES string of the molecule is C=C/C=C\C(=C)COCCN. The molecule has 0 heterocycles. The van der Waals surface area contributed by atoms with Crippen molar-refractivity contribution in [1.29, 1.82) is 0 Å². The maximum Gasteiger partial charge on any atom is 0.0711 e. The van der Waals surface area contributed by atoms with Gasteiger partial charge in [0.25, 0.3) is 0 Å². The van der Waals surface area contributed by atoms with E-state index in [1.165, 1.54) is 0 Å². The highest BCUT2D eigenvalue weighted by molar-refractivity contribution is 5.18. The maximum absolute atomic E-state index is 5.23. The number of hydrogen-bond acceptors (Lipinski definition) is 2. The van der Waals surface area contributed by atoms with Gasteiger partial charge in [0.2, 0.25) is 0 Å². The van der Waals surface area contributed by atoms with Crippen molar-refractivity contribution in [2.24, 2.45) is 5.73 Å². The highest BCUT2D eigenvalue weighted by atomic mass is 16.5. The Kier molecular flexibility index (Phi) is 6.68. The van der Waals surface area contributed by atoms with E-state index >= 15 is 0 Å². The van der Waals surface area contributed by atoms with Crippen LogP contribution in [0.2, 0.25) is 0 Å². The van der Waals surface area contributed by atoms with E-state index in [-0.39, 0.29) is 0 Å². The second kappa shape index (κ2) is 7.25. The van der Waals surface area contributed by atoms with Gasteiger partial charge < -0.3 is 10.5 Å². The third-order valence-electron chi connectivity index (χ3n) is 1.02. The van der Waals surface area contributed by atoms with Crippen molar-refractivity contribution in [3.63, 3.8) is 0 Å². The summed E-state index contributed by atoms with van der Waals surface area (Å²) >= 11 is 0. The Balaban J connectivity index is 3.37. The first-order chi connectivity index (χ1) is 5.31. The summed E-state index contributed by atoms with van der Waals surface area (Å²) in [7, 11) is 0. The van der Waals surface area contributed by atoms with Gasteiger partial charge in [0.05, 0.1) is 13.2 Å². The largest absolute Gasteiger partial charge is 0.375 e. The lowest BCUT2D eigenvalue weighted by Gasteiger charge is -2.00. The van der Waals surface area contributed by atoms with Gasteiger partial charge in [0.15, 0.2) is 0 Å². The van der Waals surface area contributed by atoms with Crippen LogP contribution in [-0.4, -0.2) is 19.8 Å². The summed E-state index contributed by atoms with van der Waals surface area (Å²) in [6, 6.07) is 0. The van der Waals surface area contributed by atoms with Crippen molar-refractivity contribution in [2.45, 2.75) is 0 Å². The summed E-state index contributed by atoms with van der Waals surface area (Å²) in [6.07, 6.45) is 5.39. The molecule has 0 amide bonds. The molecule has 0 saturated heterocycles. The minimum absolute atomic E-state index is 0.543. The van der Waals surface area contributed by atoms with Crippen molar-refractivity contribution < 1.29 is 4.74 Å². The molecule has 11 heavy (non-hydrogen) atoms. The van der Waals surface area contributed by atoms with Crippen LogP contribution in [0, 0.1) is 0 Å². The molecule has 0 spiro atoms. The Bertz CT molecular complexity index is 150. The second-order valence-corrected chi connectivity index (χ2v) is 2.09. The van der Waals surface area contributed by atoms with Crippen LogP contribution in [0.25, 0.3) is 0 Å². The van der Waals surface area contributed by atoms with Crippen molar-refractivity contribution in [1.82, 2.24) is 0 Å². The van der Waals surface area contributed by atoms with Gasteiger partial charge in [-0.15, -0.1) is 0 Å². The molecule has 0 aliphatic rings. The van der Waals surface area contributed by atoms with Gasteiger partial charge in [-0.2, -0.15) is 0 Å². The molecule has 0 aromatic heterocycles. The second-order valence-electron chi connectivity index (χ2n) is 2.09. The van der Waals surface area contributed by atoms with E-state index in [2.05, 4.69) is 13.2 Å². The quantitative estimate of drug-likeness (QED) is 0.460. The summed E-state index contributed by atoms with van der Waals surface area (Å²) in [5, 5.41) is 0. The Morgan fingerprint density at radius 2 is 2.27 bits per heavy atom. The summed E-state index contributed by atoms with van der Waals surface area (Å²) < 4.78 is 5.13. The number of allylic oxidation sites excluding steroid dienone is 2. The third-order valence-corrected chi connectivity index (χ3v) is 1.02. The summed E-state index contributed by atoms with van der Waals surface area (Å²) in [5.74, 6) is 0. The van der Waals surface area contributed by atoms with E-state index in [0.29, 0.717) is 19.8 Å². The van der Waals surface area contributed by atoms with E-state index in [0.717, 1.165) is 5.57 Å². The molecular formula is C9H15NO. The molecule has 2 N–H and O–H groups in total. The van der Waals surface area contributed by atoms with Gasteiger partial charge in [-0.1, -0.05) is 31.4 Å². The Morgan fingerprint density at radius 3 is 2.82 bits per heavy atom. The number of hydrogen-bond donors (Lipinski definition) is 1. The zero-order valence-electron chi connectivity index (χ0n) is 6.75. The predicted molar refractivity (Wildman–Crippen MR) is 48.4 cm³/mol. The van der Waals surface area contributed by atoms with Crippen LogP contribution in [0.3, 0.4) is 0 Å². The fourth-order valence-electron chi connectivity index (χ4n) is 0.539. The smallest absolute Gasteiger partial charge is 0.0711 e. The zero-order chi connectivity index (χ0) is 8.53. The lowest BCUT2D eigenvalue weighted by Crippen LogP contribution is -2.09. The monoisotopic (exact) mass is 153 g/mol. The van der Waals surface area contributed by atoms with Crippen LogP contribution in [0.15, 0.2) is 37.0 Å². The highest BCUT2D eigenvalue weighted by Crippen LogP contribution is 1.93. The fraction of sp³-hybridized carbons (Fsp3) is 0.333. The maximum atomic E-state index is 5.23. The molecule has 2 nitrogen and oxygen atoms in total. The molecule has 0 bridgehead atoms. The van der Waals surface area contributed by atoms with E-state index in [9.17, 15) is 0 Å². The Labute approximate surface area is 68.0 Å². The van der Waals surface area contributed by atoms with Gasteiger partial charge >= 0.3 is 0 Å². The minimum Gasteiger partial charge on any atom is -0.375 e. The van der Waals surface area contributed by atoms with Gasteiger partial charge in [0, 0.05) is 6.54 Å². The highest BCUT2D eigenvalue weighted by Gasteiger charge is 1.86. The van der Waals surface area contributed by atoms with E-state index < -0.39 is 0 Å². The molecule has 0 aliphatic carbocycles. The molecule has 0 unspecified atom stereocenters. The topological polar surface area (TPSA) is 35.2 Å². The lowest BCUT2D eigenvalue weighted by molar-refractivity contribution is 0.166. The number of nitrogens with two attached hydrogens (primary N) is 1. The van der Waals surface area contributed by atoms with Crippen LogP contribution in [0.5, 0.6) is 0 Å². The Hall–Kier alpha value is -0.860. The molecule has 62 valence electrons. The molecule has 0 aromatic carbocycles. The lowest BCUT2D eigenvalue weighted by atomic mass is 10.3. The molecule has 0 atom stereocenters. The first kappa shape index (κ1) is 10.1. The minimum atomic E-state index is 0.543. The predicted octanol–water partition coefficient (Wildman–Crippen LogP) is 1.26. The first-order valence-electron chi connectivity index (χ1n) is 3.56. The van der Waals surface area contributed by atoms with E-state index in [1.807, 2.05) is 12.2 Å². The average Bonchev–Trinajstić information content (AvgIpc) is 2.01. The van der Waals surface area contributed by atoms with Crippen molar-refractivity contribution in [2.75, 3.05) is 19.8 Å². The number of ether oxygens (including phenoxy) is 1. The molecular weight excluding hydrogens is 138 g/mol. The normalized spacial score (nSPS) is 10.3. The van der Waals surface area contributed by atoms with Crippen molar-refractivity contribution >= 4 is 0 Å². The molecule has 0 radical (unpaired) electrons. The molecule has 0 aromatic rings. The van der Waals surface area contributed by atoms with Gasteiger partial charge in [-0.05, 0) is 5.57 Å². The van der Waals surface area contributed by atoms with Crippen LogP contribution in [0.1, 0.15) is 0 Å². The molecule has 0 rings (SSSR count). The standard InChI is InChI=1S/C9H15NO/c1-3-4-5-9(2)8-11-7-6-10/h3-5H,1-2,6-8,10H2/b5-4-. The third kappa shape index (κ3) is 7.03. The summed E-state index contributed by atoms with van der Waals surface area (Å²) in [5.41, 5.74) is 6.16. The van der Waals surface area contributed by atoms with Gasteiger partial charge in [-0.3, -0.25) is 0 Å². The fourth-order valence-corrected chi connectivity index (χ4v) is 0.539. The first-order valence-corrected chi connectivity index (χ1v) is 3.56. The zero-order valence-corrected chi connectivity index (χ0v) is 6.75. The van der Waals surface area contributed by atoms with Crippen LogP contribution in [0.4, 0.5) is 0 Å². The van der Waals surface area contributed by atoms with Gasteiger partial charge in [0.1, 0.15) is 0 Å². The number of rotatable bonds is 6.